The normalized spacial score (nSPS) is 19.5. The van der Waals surface area contributed by atoms with Gasteiger partial charge in [-0.05, 0) is 25.3 Å². The molecule has 0 spiro atoms. The summed E-state index contributed by atoms with van der Waals surface area (Å²) in [7, 11) is 0. The maximum Gasteiger partial charge on any atom is 0.150 e. The van der Waals surface area contributed by atoms with Gasteiger partial charge in [0.05, 0.1) is 29.9 Å². The van der Waals surface area contributed by atoms with Gasteiger partial charge < -0.3 is 9.72 Å². The maximum atomic E-state index is 5.84. The Morgan fingerprint density at radius 1 is 1.25 bits per heavy atom. The topological polar surface area (TPSA) is 55.7 Å². The number of rotatable bonds is 2. The minimum absolute atomic E-state index is 0.0678. The molecule has 0 aliphatic carbocycles. The molecule has 4 rings (SSSR count). The van der Waals surface area contributed by atoms with Crippen molar-refractivity contribution in [3.8, 4) is 11.3 Å². The van der Waals surface area contributed by atoms with Crippen LogP contribution in [-0.2, 0) is 4.74 Å². The van der Waals surface area contributed by atoms with E-state index < -0.39 is 0 Å². The zero-order valence-electron chi connectivity index (χ0n) is 11.1. The van der Waals surface area contributed by atoms with E-state index in [9.17, 15) is 0 Å². The summed E-state index contributed by atoms with van der Waals surface area (Å²) in [5.74, 6) is 0. The van der Waals surface area contributed by atoms with Gasteiger partial charge in [-0.2, -0.15) is 5.10 Å². The van der Waals surface area contributed by atoms with Crippen molar-refractivity contribution in [3.63, 3.8) is 0 Å². The van der Waals surface area contributed by atoms with Gasteiger partial charge in [0.1, 0.15) is 0 Å². The number of nitrogens with zero attached hydrogens (tertiary/aromatic N) is 3. The van der Waals surface area contributed by atoms with Crippen molar-refractivity contribution in [2.75, 3.05) is 6.61 Å². The number of aromatic nitrogens is 4. The van der Waals surface area contributed by atoms with Gasteiger partial charge in [0.2, 0.25) is 0 Å². The summed E-state index contributed by atoms with van der Waals surface area (Å²) >= 11 is 0. The molecule has 2 aromatic heterocycles. The fraction of sp³-hybridized carbons (Fsp3) is 0.333. The van der Waals surface area contributed by atoms with Crippen LogP contribution in [0.2, 0.25) is 0 Å². The molecule has 1 aromatic carbocycles. The number of aromatic amines is 1. The molecule has 1 aliphatic rings. The molecule has 1 N–H and O–H groups in total. The highest BCUT2D eigenvalue weighted by Crippen LogP contribution is 2.30. The second-order valence-electron chi connectivity index (χ2n) is 5.11. The smallest absolute Gasteiger partial charge is 0.150 e. The monoisotopic (exact) mass is 268 g/mol. The number of imidazole rings is 1. The minimum Gasteiger partial charge on any atom is -0.356 e. The van der Waals surface area contributed by atoms with Crippen molar-refractivity contribution < 1.29 is 4.74 Å². The van der Waals surface area contributed by atoms with Crippen LogP contribution in [0.5, 0.6) is 0 Å². The lowest BCUT2D eigenvalue weighted by molar-refractivity contribution is -0.0366. The Kier molecular flexibility index (Phi) is 2.77. The molecular weight excluding hydrogens is 252 g/mol. The van der Waals surface area contributed by atoms with Crippen molar-refractivity contribution in [2.24, 2.45) is 0 Å². The summed E-state index contributed by atoms with van der Waals surface area (Å²) in [4.78, 5) is 7.25. The van der Waals surface area contributed by atoms with Crippen molar-refractivity contribution in [2.45, 2.75) is 25.5 Å². The third kappa shape index (κ3) is 1.82. The number of nitrogens with one attached hydrogen (secondary N) is 1. The van der Waals surface area contributed by atoms with Crippen LogP contribution in [0.4, 0.5) is 0 Å². The summed E-state index contributed by atoms with van der Waals surface area (Å²) in [5, 5.41) is 5.68. The predicted molar refractivity (Wildman–Crippen MR) is 76.2 cm³/mol. The first-order valence-electron chi connectivity index (χ1n) is 7.00. The number of hydrogen-bond donors (Lipinski definition) is 1. The highest BCUT2D eigenvalue weighted by atomic mass is 16.5. The lowest BCUT2D eigenvalue weighted by Gasteiger charge is -2.23. The molecule has 0 bridgehead atoms. The third-order valence-corrected chi connectivity index (χ3v) is 3.86. The standard InChI is InChI=1S/C15H16N4O/c1-2-7-20-15(6-1)19-14-5-3-4-11(12(14)8-18-19)13-9-16-10-17-13/h3-5,8-10,15H,1-2,6-7H2,(H,16,17). The SMILES string of the molecule is c1cc(-c2cnc[nH]2)c2cnn(C3CCCCO3)c2c1. The van der Waals surface area contributed by atoms with Gasteiger partial charge >= 0.3 is 0 Å². The summed E-state index contributed by atoms with van der Waals surface area (Å²) < 4.78 is 7.85. The number of ether oxygens (including phenoxy) is 1. The first-order valence-corrected chi connectivity index (χ1v) is 7.00. The fourth-order valence-electron chi connectivity index (χ4n) is 2.85. The number of fused-ring (bicyclic) bond motifs is 1. The molecule has 1 unspecified atom stereocenters. The summed E-state index contributed by atoms with van der Waals surface area (Å²) in [6.07, 6.45) is 8.90. The van der Waals surface area contributed by atoms with Crippen LogP contribution in [0.15, 0.2) is 36.9 Å². The minimum atomic E-state index is 0.0678. The molecule has 3 aromatic rings. The van der Waals surface area contributed by atoms with Crippen molar-refractivity contribution in [1.82, 2.24) is 19.7 Å². The Labute approximate surface area is 116 Å². The highest BCUT2D eigenvalue weighted by Gasteiger charge is 2.19. The highest BCUT2D eigenvalue weighted by molar-refractivity contribution is 5.93. The van der Waals surface area contributed by atoms with Gasteiger partial charge in [-0.3, -0.25) is 0 Å². The van der Waals surface area contributed by atoms with E-state index in [1.54, 1.807) is 6.33 Å². The fourth-order valence-corrected chi connectivity index (χ4v) is 2.85. The van der Waals surface area contributed by atoms with Gasteiger partial charge in [0, 0.05) is 17.6 Å². The molecule has 3 heterocycles. The Morgan fingerprint density at radius 3 is 3.05 bits per heavy atom. The van der Waals surface area contributed by atoms with Gasteiger partial charge in [-0.15, -0.1) is 0 Å². The van der Waals surface area contributed by atoms with Crippen LogP contribution < -0.4 is 0 Å². The molecular formula is C15H16N4O. The maximum absolute atomic E-state index is 5.84. The molecule has 0 amide bonds. The van der Waals surface area contributed by atoms with Gasteiger partial charge in [0.25, 0.3) is 0 Å². The van der Waals surface area contributed by atoms with Gasteiger partial charge in [-0.25, -0.2) is 9.67 Å². The second-order valence-corrected chi connectivity index (χ2v) is 5.11. The van der Waals surface area contributed by atoms with E-state index in [1.807, 2.05) is 17.1 Å². The molecule has 5 nitrogen and oxygen atoms in total. The zero-order chi connectivity index (χ0) is 13.4. The molecule has 1 fully saturated rings. The Morgan fingerprint density at radius 2 is 2.25 bits per heavy atom. The number of benzene rings is 1. The van der Waals surface area contributed by atoms with E-state index in [1.165, 1.54) is 6.42 Å². The van der Waals surface area contributed by atoms with E-state index in [-0.39, 0.29) is 6.23 Å². The first-order chi connectivity index (χ1) is 9.93. The summed E-state index contributed by atoms with van der Waals surface area (Å²) in [6, 6.07) is 6.24. The number of hydrogen-bond acceptors (Lipinski definition) is 3. The quantitative estimate of drug-likeness (QED) is 0.777. The Bertz CT molecular complexity index is 711. The average molecular weight is 268 g/mol. The van der Waals surface area contributed by atoms with E-state index in [0.29, 0.717) is 0 Å². The van der Waals surface area contributed by atoms with Crippen molar-refractivity contribution in [1.29, 1.82) is 0 Å². The molecule has 5 heteroatoms. The van der Waals surface area contributed by atoms with Gasteiger partial charge in [-0.1, -0.05) is 12.1 Å². The van der Waals surface area contributed by atoms with E-state index in [4.69, 9.17) is 4.74 Å². The molecule has 20 heavy (non-hydrogen) atoms. The molecule has 0 radical (unpaired) electrons. The van der Waals surface area contributed by atoms with Crippen LogP contribution >= 0.6 is 0 Å². The van der Waals surface area contributed by atoms with E-state index in [2.05, 4.69) is 33.3 Å². The van der Waals surface area contributed by atoms with Gasteiger partial charge in [0.15, 0.2) is 6.23 Å². The van der Waals surface area contributed by atoms with Crippen LogP contribution in [0.25, 0.3) is 22.2 Å². The zero-order valence-corrected chi connectivity index (χ0v) is 11.1. The van der Waals surface area contributed by atoms with Crippen LogP contribution in [0.1, 0.15) is 25.5 Å². The lowest BCUT2D eigenvalue weighted by atomic mass is 10.1. The first kappa shape index (κ1) is 11.7. The molecule has 1 aliphatic heterocycles. The molecule has 1 saturated heterocycles. The largest absolute Gasteiger partial charge is 0.356 e. The van der Waals surface area contributed by atoms with Crippen molar-refractivity contribution in [3.05, 3.63) is 36.9 Å². The second kappa shape index (κ2) is 4.76. The van der Waals surface area contributed by atoms with E-state index >= 15 is 0 Å². The van der Waals surface area contributed by atoms with E-state index in [0.717, 1.165) is 41.6 Å². The Balaban J connectivity index is 1.83. The average Bonchev–Trinajstić information content (AvgIpc) is 3.17. The lowest BCUT2D eigenvalue weighted by Crippen LogP contribution is -2.18. The molecule has 0 saturated carbocycles. The molecule has 102 valence electrons. The summed E-state index contributed by atoms with van der Waals surface area (Å²) in [5.41, 5.74) is 3.26. The van der Waals surface area contributed by atoms with Crippen LogP contribution in [0, 0.1) is 0 Å². The van der Waals surface area contributed by atoms with Crippen LogP contribution in [-0.4, -0.2) is 26.4 Å². The molecule has 1 atom stereocenters. The Hall–Kier alpha value is -2.14. The van der Waals surface area contributed by atoms with Crippen molar-refractivity contribution >= 4 is 10.9 Å². The summed E-state index contributed by atoms with van der Waals surface area (Å²) in [6.45, 7) is 0.826. The number of H-pyrrole nitrogens is 1. The van der Waals surface area contributed by atoms with Crippen LogP contribution in [0.3, 0.4) is 0 Å². The third-order valence-electron chi connectivity index (χ3n) is 3.86. The predicted octanol–water partition coefficient (Wildman–Crippen LogP) is 3.13.